The van der Waals surface area contributed by atoms with Gasteiger partial charge in [0.15, 0.2) is 5.69 Å². The van der Waals surface area contributed by atoms with Gasteiger partial charge in [-0.05, 0) is 62.6 Å². The van der Waals surface area contributed by atoms with Crippen LogP contribution in [0, 0.1) is 6.92 Å². The van der Waals surface area contributed by atoms with Crippen LogP contribution in [0.3, 0.4) is 0 Å². The lowest BCUT2D eigenvalue weighted by Crippen LogP contribution is -2.44. The van der Waals surface area contributed by atoms with Crippen LogP contribution in [0.1, 0.15) is 39.3 Å². The summed E-state index contributed by atoms with van der Waals surface area (Å²) in [4.78, 5) is 22.3. The Bertz CT molecular complexity index is 1130. The second kappa shape index (κ2) is 8.74. The van der Waals surface area contributed by atoms with Crippen LogP contribution in [0.2, 0.25) is 0 Å². The van der Waals surface area contributed by atoms with Gasteiger partial charge in [-0.1, -0.05) is 18.2 Å². The fourth-order valence-corrected chi connectivity index (χ4v) is 4.67. The number of anilines is 1. The standard InChI is InChI=1S/C25H30N6O/c1-18-6-3-4-8-21(18)31-22-9-5-7-20(22)24(28-31)25(32)27-17-19-10-11-26-23(16-19)30-14-12-29(2)13-15-30/h3-4,6,8,10-11,16H,5,7,9,12-15,17H2,1-2H3,(H,27,32). The molecule has 1 amide bonds. The number of amides is 1. The summed E-state index contributed by atoms with van der Waals surface area (Å²) in [5.41, 5.74) is 6.09. The number of pyridine rings is 1. The summed E-state index contributed by atoms with van der Waals surface area (Å²) in [6.45, 7) is 6.58. The molecule has 5 rings (SSSR count). The third kappa shape index (κ3) is 4.00. The smallest absolute Gasteiger partial charge is 0.272 e. The van der Waals surface area contributed by atoms with Crippen LogP contribution in [0.15, 0.2) is 42.6 Å². The summed E-state index contributed by atoms with van der Waals surface area (Å²) in [6, 6.07) is 12.3. The Morgan fingerprint density at radius 1 is 1.09 bits per heavy atom. The van der Waals surface area contributed by atoms with Crippen LogP contribution in [0.25, 0.3) is 5.69 Å². The normalized spacial score (nSPS) is 16.2. The molecule has 166 valence electrons. The predicted molar refractivity (Wildman–Crippen MR) is 125 cm³/mol. The molecular formula is C25H30N6O. The molecular weight excluding hydrogens is 400 g/mol. The van der Waals surface area contributed by atoms with Crippen LogP contribution >= 0.6 is 0 Å². The monoisotopic (exact) mass is 430 g/mol. The summed E-state index contributed by atoms with van der Waals surface area (Å²) in [5, 5.41) is 7.84. The van der Waals surface area contributed by atoms with Crippen molar-refractivity contribution in [1.82, 2.24) is 25.0 Å². The number of carbonyl (C=O) groups excluding carboxylic acids is 1. The van der Waals surface area contributed by atoms with Crippen LogP contribution in [-0.4, -0.2) is 58.8 Å². The van der Waals surface area contributed by atoms with E-state index < -0.39 is 0 Å². The Morgan fingerprint density at radius 2 is 1.91 bits per heavy atom. The SMILES string of the molecule is Cc1ccccc1-n1nc(C(=O)NCc2ccnc(N3CCN(C)CC3)c2)c2c1CCC2. The van der Waals surface area contributed by atoms with Crippen LogP contribution in [-0.2, 0) is 19.4 Å². The van der Waals surface area contributed by atoms with E-state index in [1.807, 2.05) is 29.1 Å². The molecule has 2 aromatic heterocycles. The molecule has 1 N–H and O–H groups in total. The van der Waals surface area contributed by atoms with E-state index in [-0.39, 0.29) is 5.91 Å². The summed E-state index contributed by atoms with van der Waals surface area (Å²) < 4.78 is 1.98. The first kappa shape index (κ1) is 20.7. The van der Waals surface area contributed by atoms with E-state index in [4.69, 9.17) is 5.10 Å². The van der Waals surface area contributed by atoms with Gasteiger partial charge in [0.05, 0.1) is 5.69 Å². The van der Waals surface area contributed by atoms with Gasteiger partial charge in [-0.2, -0.15) is 5.10 Å². The molecule has 3 aromatic rings. The van der Waals surface area contributed by atoms with Crippen LogP contribution < -0.4 is 10.2 Å². The van der Waals surface area contributed by atoms with Crippen molar-refractivity contribution in [1.29, 1.82) is 0 Å². The summed E-state index contributed by atoms with van der Waals surface area (Å²) in [6.07, 6.45) is 4.77. The first-order valence-corrected chi connectivity index (χ1v) is 11.4. The Kier molecular flexibility index (Phi) is 5.66. The Hall–Kier alpha value is -3.19. The number of hydrogen-bond acceptors (Lipinski definition) is 5. The molecule has 0 spiro atoms. The number of aryl methyl sites for hydroxylation is 1. The van der Waals surface area contributed by atoms with E-state index in [0.717, 1.165) is 73.6 Å². The maximum absolute atomic E-state index is 13.1. The minimum Gasteiger partial charge on any atom is -0.354 e. The van der Waals surface area contributed by atoms with Gasteiger partial charge in [-0.15, -0.1) is 0 Å². The van der Waals surface area contributed by atoms with E-state index >= 15 is 0 Å². The average molecular weight is 431 g/mol. The van der Waals surface area contributed by atoms with Gasteiger partial charge in [0.25, 0.3) is 5.91 Å². The number of para-hydroxylation sites is 1. The van der Waals surface area contributed by atoms with E-state index in [1.165, 1.54) is 5.69 Å². The number of fused-ring (bicyclic) bond motifs is 1. The highest BCUT2D eigenvalue weighted by Gasteiger charge is 2.27. The molecule has 0 bridgehead atoms. The summed E-state index contributed by atoms with van der Waals surface area (Å²) in [5.74, 6) is 0.878. The molecule has 0 radical (unpaired) electrons. The number of nitrogens with zero attached hydrogens (tertiary/aromatic N) is 5. The number of carbonyl (C=O) groups is 1. The van der Waals surface area contributed by atoms with Gasteiger partial charge in [0.1, 0.15) is 5.82 Å². The molecule has 0 unspecified atom stereocenters. The van der Waals surface area contributed by atoms with Crippen molar-refractivity contribution in [2.45, 2.75) is 32.7 Å². The molecule has 7 nitrogen and oxygen atoms in total. The average Bonchev–Trinajstić information content (AvgIpc) is 3.42. The minimum atomic E-state index is -0.103. The lowest BCUT2D eigenvalue weighted by molar-refractivity contribution is 0.0944. The Morgan fingerprint density at radius 3 is 2.72 bits per heavy atom. The van der Waals surface area contributed by atoms with E-state index in [0.29, 0.717) is 12.2 Å². The number of likely N-dealkylation sites (N-methyl/N-ethyl adjacent to an activating group) is 1. The molecule has 1 saturated heterocycles. The van der Waals surface area contributed by atoms with E-state index in [9.17, 15) is 4.79 Å². The Balaban J connectivity index is 1.32. The van der Waals surface area contributed by atoms with Gasteiger partial charge < -0.3 is 15.1 Å². The predicted octanol–water partition coefficient (Wildman–Crippen LogP) is 2.75. The largest absolute Gasteiger partial charge is 0.354 e. The van der Waals surface area contributed by atoms with Crippen molar-refractivity contribution in [3.8, 4) is 5.69 Å². The van der Waals surface area contributed by atoms with E-state index in [1.54, 1.807) is 0 Å². The number of hydrogen-bond donors (Lipinski definition) is 1. The lowest BCUT2D eigenvalue weighted by atomic mass is 10.1. The van der Waals surface area contributed by atoms with Gasteiger partial charge in [-0.3, -0.25) is 4.79 Å². The maximum atomic E-state index is 13.1. The number of nitrogens with one attached hydrogen (secondary N) is 1. The molecule has 3 heterocycles. The molecule has 32 heavy (non-hydrogen) atoms. The lowest BCUT2D eigenvalue weighted by Gasteiger charge is -2.33. The second-order valence-electron chi connectivity index (χ2n) is 8.82. The van der Waals surface area contributed by atoms with Crippen molar-refractivity contribution in [2.75, 3.05) is 38.1 Å². The fourth-order valence-electron chi connectivity index (χ4n) is 4.67. The van der Waals surface area contributed by atoms with Crippen LogP contribution in [0.4, 0.5) is 5.82 Å². The minimum absolute atomic E-state index is 0.103. The second-order valence-corrected chi connectivity index (χ2v) is 8.82. The molecule has 1 aliphatic heterocycles. The molecule has 0 atom stereocenters. The number of benzene rings is 1. The first-order chi connectivity index (χ1) is 15.6. The van der Waals surface area contributed by atoms with Gasteiger partial charge in [-0.25, -0.2) is 9.67 Å². The first-order valence-electron chi connectivity index (χ1n) is 11.4. The number of piperazine rings is 1. The van der Waals surface area contributed by atoms with Crippen molar-refractivity contribution < 1.29 is 4.79 Å². The quantitative estimate of drug-likeness (QED) is 0.674. The summed E-state index contributed by atoms with van der Waals surface area (Å²) >= 11 is 0. The number of aromatic nitrogens is 3. The highest BCUT2D eigenvalue weighted by atomic mass is 16.1. The zero-order chi connectivity index (χ0) is 22.1. The van der Waals surface area contributed by atoms with Crippen molar-refractivity contribution in [3.05, 3.63) is 70.7 Å². The van der Waals surface area contributed by atoms with Gasteiger partial charge in [0, 0.05) is 50.2 Å². The van der Waals surface area contributed by atoms with Crippen molar-refractivity contribution in [2.24, 2.45) is 0 Å². The molecule has 2 aliphatic rings. The fraction of sp³-hybridized carbons (Fsp3) is 0.400. The third-order valence-corrected chi connectivity index (χ3v) is 6.58. The van der Waals surface area contributed by atoms with Crippen LogP contribution in [0.5, 0.6) is 0 Å². The summed E-state index contributed by atoms with van der Waals surface area (Å²) in [7, 11) is 2.15. The van der Waals surface area contributed by atoms with E-state index in [2.05, 4.69) is 52.3 Å². The number of rotatable bonds is 5. The zero-order valence-corrected chi connectivity index (χ0v) is 18.8. The van der Waals surface area contributed by atoms with Gasteiger partial charge in [0.2, 0.25) is 0 Å². The Labute approximate surface area is 189 Å². The zero-order valence-electron chi connectivity index (χ0n) is 18.8. The van der Waals surface area contributed by atoms with Crippen molar-refractivity contribution >= 4 is 11.7 Å². The molecule has 1 aromatic carbocycles. The highest BCUT2D eigenvalue weighted by Crippen LogP contribution is 2.29. The third-order valence-electron chi connectivity index (χ3n) is 6.58. The molecule has 7 heteroatoms. The highest BCUT2D eigenvalue weighted by molar-refractivity contribution is 5.94. The van der Waals surface area contributed by atoms with Crippen molar-refractivity contribution in [3.63, 3.8) is 0 Å². The van der Waals surface area contributed by atoms with Gasteiger partial charge >= 0.3 is 0 Å². The maximum Gasteiger partial charge on any atom is 0.272 e. The molecule has 0 saturated carbocycles. The topological polar surface area (TPSA) is 66.3 Å². The molecule has 1 fully saturated rings. The molecule has 1 aliphatic carbocycles.